The van der Waals surface area contributed by atoms with Crippen LogP contribution in [0.4, 0.5) is 5.69 Å². The number of rotatable bonds is 4. The fourth-order valence-corrected chi connectivity index (χ4v) is 2.65. The van der Waals surface area contributed by atoms with Crippen LogP contribution in [0.3, 0.4) is 0 Å². The number of aryl methyl sites for hydroxylation is 1. The van der Waals surface area contributed by atoms with Gasteiger partial charge < -0.3 is 9.80 Å². The van der Waals surface area contributed by atoms with Crippen molar-refractivity contribution in [2.45, 2.75) is 13.3 Å². The lowest BCUT2D eigenvalue weighted by molar-refractivity contribution is -0.900. The Kier molecular flexibility index (Phi) is 4.53. The minimum atomic E-state index is 0.641. The number of nitriles is 1. The third kappa shape index (κ3) is 3.33. The number of carbonyl (C=O) groups is 1. The van der Waals surface area contributed by atoms with Crippen LogP contribution in [0.2, 0.25) is 0 Å². The molecular formula is C15H20N3O+. The number of nitrogens with zero attached hydrogens (tertiary/aromatic N) is 2. The van der Waals surface area contributed by atoms with Gasteiger partial charge in [0.05, 0.1) is 45.2 Å². The number of anilines is 1. The molecule has 19 heavy (non-hydrogen) atoms. The molecule has 0 aromatic heterocycles. The van der Waals surface area contributed by atoms with E-state index in [1.54, 1.807) is 0 Å². The Morgan fingerprint density at radius 2 is 2.16 bits per heavy atom. The Balaban J connectivity index is 1.98. The molecule has 1 heterocycles. The molecule has 1 saturated heterocycles. The molecule has 0 aliphatic carbocycles. The van der Waals surface area contributed by atoms with Crippen molar-refractivity contribution >= 4 is 12.0 Å². The zero-order valence-corrected chi connectivity index (χ0v) is 11.4. The SMILES string of the molecule is Cc1cc(C=O)ccc1N1CC[NH+](CCC#N)CC1. The lowest BCUT2D eigenvalue weighted by atomic mass is 10.1. The van der Waals surface area contributed by atoms with Crippen LogP contribution in [0.25, 0.3) is 0 Å². The molecule has 1 aromatic carbocycles. The summed E-state index contributed by atoms with van der Waals surface area (Å²) in [6.07, 6.45) is 1.53. The van der Waals surface area contributed by atoms with E-state index in [9.17, 15) is 4.79 Å². The molecule has 0 spiro atoms. The second kappa shape index (κ2) is 6.35. The van der Waals surface area contributed by atoms with E-state index in [2.05, 4.69) is 17.9 Å². The minimum absolute atomic E-state index is 0.641. The highest BCUT2D eigenvalue weighted by Crippen LogP contribution is 2.20. The maximum atomic E-state index is 10.7. The van der Waals surface area contributed by atoms with Crippen molar-refractivity contribution in [1.82, 2.24) is 0 Å². The van der Waals surface area contributed by atoms with Crippen molar-refractivity contribution < 1.29 is 9.69 Å². The maximum Gasteiger partial charge on any atom is 0.150 e. The highest BCUT2D eigenvalue weighted by molar-refractivity contribution is 5.77. The van der Waals surface area contributed by atoms with Crippen molar-refractivity contribution in [3.05, 3.63) is 29.3 Å². The molecule has 1 N–H and O–H groups in total. The smallest absolute Gasteiger partial charge is 0.150 e. The average Bonchev–Trinajstić information content (AvgIpc) is 2.45. The molecule has 4 nitrogen and oxygen atoms in total. The highest BCUT2D eigenvalue weighted by Gasteiger charge is 2.20. The normalized spacial score (nSPS) is 16.1. The van der Waals surface area contributed by atoms with E-state index in [1.807, 2.05) is 18.2 Å². The van der Waals surface area contributed by atoms with Gasteiger partial charge in [0.2, 0.25) is 0 Å². The third-order valence-electron chi connectivity index (χ3n) is 3.76. The summed E-state index contributed by atoms with van der Waals surface area (Å²) in [5.41, 5.74) is 3.12. The lowest BCUT2D eigenvalue weighted by Crippen LogP contribution is -3.14. The van der Waals surface area contributed by atoms with Gasteiger partial charge in [0, 0.05) is 11.3 Å². The summed E-state index contributed by atoms with van der Waals surface area (Å²) in [7, 11) is 0. The standard InChI is InChI=1S/C15H19N3O/c1-13-11-14(12-19)3-4-15(13)18-9-7-17(8-10-18)6-2-5-16/h3-4,11-12H,2,6-10H2,1H3/p+1. The van der Waals surface area contributed by atoms with Crippen molar-refractivity contribution in [2.75, 3.05) is 37.6 Å². The predicted octanol–water partition coefficient (Wildman–Crippen LogP) is 0.426. The van der Waals surface area contributed by atoms with Crippen LogP contribution in [0.15, 0.2) is 18.2 Å². The summed E-state index contributed by atoms with van der Waals surface area (Å²) in [6.45, 7) is 7.20. The second-order valence-electron chi connectivity index (χ2n) is 5.06. The number of hydrogen-bond acceptors (Lipinski definition) is 3. The zero-order chi connectivity index (χ0) is 13.7. The highest BCUT2D eigenvalue weighted by atomic mass is 16.1. The summed E-state index contributed by atoms with van der Waals surface area (Å²) < 4.78 is 0. The van der Waals surface area contributed by atoms with E-state index < -0.39 is 0 Å². The molecule has 1 aliphatic heterocycles. The van der Waals surface area contributed by atoms with Gasteiger partial charge in [-0.2, -0.15) is 5.26 Å². The first kappa shape index (κ1) is 13.6. The van der Waals surface area contributed by atoms with Gasteiger partial charge >= 0.3 is 0 Å². The van der Waals surface area contributed by atoms with Gasteiger partial charge in [-0.25, -0.2) is 0 Å². The van der Waals surface area contributed by atoms with Crippen molar-refractivity contribution in [2.24, 2.45) is 0 Å². The molecule has 4 heteroatoms. The number of carbonyl (C=O) groups excluding carboxylic acids is 1. The Labute approximate surface area is 114 Å². The minimum Gasteiger partial charge on any atom is -0.360 e. The Bertz CT molecular complexity index is 485. The van der Waals surface area contributed by atoms with Gasteiger partial charge in [-0.15, -0.1) is 0 Å². The molecule has 1 aliphatic rings. The van der Waals surface area contributed by atoms with Crippen LogP contribution in [0, 0.1) is 18.3 Å². The van der Waals surface area contributed by atoms with Crippen LogP contribution in [0.5, 0.6) is 0 Å². The number of quaternary nitrogens is 1. The maximum absolute atomic E-state index is 10.7. The van der Waals surface area contributed by atoms with Gasteiger partial charge in [-0.3, -0.25) is 4.79 Å². The first-order valence-corrected chi connectivity index (χ1v) is 6.76. The molecular weight excluding hydrogens is 238 g/mol. The Morgan fingerprint density at radius 1 is 1.42 bits per heavy atom. The van der Waals surface area contributed by atoms with Crippen LogP contribution < -0.4 is 9.80 Å². The first-order chi connectivity index (χ1) is 9.24. The van der Waals surface area contributed by atoms with E-state index in [1.165, 1.54) is 10.6 Å². The lowest BCUT2D eigenvalue weighted by Gasteiger charge is -2.34. The molecule has 0 unspecified atom stereocenters. The summed E-state index contributed by atoms with van der Waals surface area (Å²) in [6, 6.07) is 8.07. The van der Waals surface area contributed by atoms with Crippen molar-refractivity contribution in [3.8, 4) is 6.07 Å². The Morgan fingerprint density at radius 3 is 2.74 bits per heavy atom. The van der Waals surface area contributed by atoms with E-state index in [0.29, 0.717) is 6.42 Å². The summed E-state index contributed by atoms with van der Waals surface area (Å²) in [4.78, 5) is 14.6. The monoisotopic (exact) mass is 258 g/mol. The summed E-state index contributed by atoms with van der Waals surface area (Å²) >= 11 is 0. The molecule has 0 saturated carbocycles. The van der Waals surface area contributed by atoms with E-state index in [-0.39, 0.29) is 0 Å². The number of hydrogen-bond donors (Lipinski definition) is 1. The van der Waals surface area contributed by atoms with Crippen LogP contribution in [-0.4, -0.2) is 39.0 Å². The molecule has 0 bridgehead atoms. The molecule has 0 radical (unpaired) electrons. The molecule has 2 rings (SSSR count). The fourth-order valence-electron chi connectivity index (χ4n) is 2.65. The number of aldehydes is 1. The predicted molar refractivity (Wildman–Crippen MR) is 74.6 cm³/mol. The second-order valence-corrected chi connectivity index (χ2v) is 5.06. The van der Waals surface area contributed by atoms with Crippen LogP contribution in [0.1, 0.15) is 22.3 Å². The third-order valence-corrected chi connectivity index (χ3v) is 3.76. The number of benzene rings is 1. The average molecular weight is 258 g/mol. The van der Waals surface area contributed by atoms with Gasteiger partial charge in [-0.1, -0.05) is 0 Å². The van der Waals surface area contributed by atoms with Crippen LogP contribution >= 0.6 is 0 Å². The zero-order valence-electron chi connectivity index (χ0n) is 11.4. The molecule has 1 fully saturated rings. The topological polar surface area (TPSA) is 48.5 Å². The molecule has 0 amide bonds. The van der Waals surface area contributed by atoms with Crippen LogP contribution in [-0.2, 0) is 0 Å². The van der Waals surface area contributed by atoms with Gasteiger partial charge in [0.25, 0.3) is 0 Å². The number of nitrogens with one attached hydrogen (secondary N) is 1. The van der Waals surface area contributed by atoms with E-state index >= 15 is 0 Å². The van der Waals surface area contributed by atoms with Crippen molar-refractivity contribution in [3.63, 3.8) is 0 Å². The van der Waals surface area contributed by atoms with Gasteiger partial charge in [0.15, 0.2) is 0 Å². The molecule has 0 atom stereocenters. The summed E-state index contributed by atoms with van der Waals surface area (Å²) in [5, 5.41) is 8.61. The van der Waals surface area contributed by atoms with E-state index in [4.69, 9.17) is 5.26 Å². The fraction of sp³-hybridized carbons (Fsp3) is 0.467. The quantitative estimate of drug-likeness (QED) is 0.797. The van der Waals surface area contributed by atoms with Gasteiger partial charge in [-0.05, 0) is 30.7 Å². The first-order valence-electron chi connectivity index (χ1n) is 6.76. The summed E-state index contributed by atoms with van der Waals surface area (Å²) in [5.74, 6) is 0. The number of piperazine rings is 1. The molecule has 100 valence electrons. The largest absolute Gasteiger partial charge is 0.360 e. The Hall–Kier alpha value is -1.86. The van der Waals surface area contributed by atoms with Crippen molar-refractivity contribution in [1.29, 1.82) is 5.26 Å². The van der Waals surface area contributed by atoms with E-state index in [0.717, 1.165) is 50.1 Å². The van der Waals surface area contributed by atoms with Gasteiger partial charge in [0.1, 0.15) is 6.29 Å². The molecule has 1 aromatic rings.